The molecule has 1 nitrogen and oxygen atoms in total. The summed E-state index contributed by atoms with van der Waals surface area (Å²) in [4.78, 5) is 0. The molecule has 1 unspecified atom stereocenters. The molecule has 0 amide bonds. The largest absolute Gasteiger partial charge is 0.376 e. The fourth-order valence-corrected chi connectivity index (χ4v) is 7.96. The highest BCUT2D eigenvalue weighted by molar-refractivity contribution is 7.63. The van der Waals surface area contributed by atoms with Gasteiger partial charge < -0.3 is 5.11 Å². The first-order chi connectivity index (χ1) is 18.3. The van der Waals surface area contributed by atoms with E-state index in [9.17, 15) is 5.11 Å². The van der Waals surface area contributed by atoms with Gasteiger partial charge in [-0.3, -0.25) is 0 Å². The molecule has 178 valence electrons. The molecule has 0 aliphatic heterocycles. The molecule has 37 heavy (non-hydrogen) atoms. The van der Waals surface area contributed by atoms with Gasteiger partial charge in [-0.25, -0.2) is 0 Å². The summed E-state index contributed by atoms with van der Waals surface area (Å²) in [7, 11) is -0.923. The van der Waals surface area contributed by atoms with Crippen molar-refractivity contribution in [1.29, 1.82) is 0 Å². The monoisotopic (exact) mass is 494 g/mol. The van der Waals surface area contributed by atoms with E-state index in [4.69, 9.17) is 0 Å². The van der Waals surface area contributed by atoms with Crippen LogP contribution in [0, 0.1) is 0 Å². The van der Waals surface area contributed by atoms with E-state index in [1.807, 2.05) is 60.7 Å². The molecule has 6 aromatic rings. The van der Waals surface area contributed by atoms with Gasteiger partial charge in [0.2, 0.25) is 0 Å². The van der Waals surface area contributed by atoms with Crippen LogP contribution in [-0.2, 0) is 5.60 Å². The average Bonchev–Trinajstić information content (AvgIpc) is 3.40. The zero-order chi connectivity index (χ0) is 25.1. The Kier molecular flexibility index (Phi) is 6.33. The van der Waals surface area contributed by atoms with Gasteiger partial charge in [0.05, 0.1) is 0 Å². The second kappa shape index (κ2) is 10.1. The molecule has 0 fully saturated rings. The Morgan fingerprint density at radius 2 is 0.865 bits per heavy atom. The Morgan fingerprint density at radius 3 is 1.35 bits per heavy atom. The third-order valence-corrected chi connectivity index (χ3v) is 9.53. The number of hydrogen-bond acceptors (Lipinski definition) is 1. The summed E-state index contributed by atoms with van der Waals surface area (Å²) in [6.07, 6.45) is 0. The van der Waals surface area contributed by atoms with E-state index in [2.05, 4.69) is 97.1 Å². The minimum atomic E-state index is -1.32. The van der Waals surface area contributed by atoms with Crippen LogP contribution in [0.25, 0.3) is 27.0 Å². The van der Waals surface area contributed by atoms with Crippen LogP contribution in [0.4, 0.5) is 0 Å². The Bertz CT molecular complexity index is 1550. The fraction of sp³-hybridized carbons (Fsp3) is 0.0286. The summed E-state index contributed by atoms with van der Waals surface area (Å²) in [5.41, 5.74) is 3.66. The lowest BCUT2D eigenvalue weighted by atomic mass is 9.79. The molecule has 0 radical (unpaired) electrons. The van der Waals surface area contributed by atoms with Gasteiger partial charge in [0.25, 0.3) is 0 Å². The van der Waals surface area contributed by atoms with Gasteiger partial charge in [0.1, 0.15) is 5.60 Å². The Hall–Kier alpha value is -4.16. The van der Waals surface area contributed by atoms with Gasteiger partial charge in [-0.05, 0) is 33.6 Å². The number of rotatable bonds is 6. The van der Waals surface area contributed by atoms with Gasteiger partial charge >= 0.3 is 0 Å². The second-order valence-electron chi connectivity index (χ2n) is 9.14. The first kappa shape index (κ1) is 23.3. The van der Waals surface area contributed by atoms with E-state index >= 15 is 0 Å². The molecule has 2 heteroatoms. The Balaban J connectivity index is 1.77. The summed E-state index contributed by atoms with van der Waals surface area (Å²) in [6.45, 7) is 0. The van der Waals surface area contributed by atoms with Gasteiger partial charge in [-0.15, -0.1) is 0 Å². The Labute approximate surface area is 219 Å². The summed E-state index contributed by atoms with van der Waals surface area (Å²) in [6, 6.07) is 54.3. The highest BCUT2D eigenvalue weighted by atomic mass is 31.1. The van der Waals surface area contributed by atoms with E-state index < -0.39 is 13.1 Å². The molecule has 0 aliphatic rings. The highest BCUT2D eigenvalue weighted by Gasteiger charge is 2.38. The maximum atomic E-state index is 12.9. The second-order valence-corrected chi connectivity index (χ2v) is 11.3. The molecule has 1 atom stereocenters. The van der Waals surface area contributed by atoms with Gasteiger partial charge in [-0.1, -0.05) is 159 Å². The molecule has 5 aromatic carbocycles. The molecule has 6 rings (SSSR count). The van der Waals surface area contributed by atoms with E-state index in [1.165, 1.54) is 21.5 Å². The third kappa shape index (κ3) is 4.23. The molecule has 0 saturated carbocycles. The van der Waals surface area contributed by atoms with Crippen molar-refractivity contribution >= 4 is 7.53 Å². The van der Waals surface area contributed by atoms with Crippen molar-refractivity contribution in [3.63, 3.8) is 0 Å². The van der Waals surface area contributed by atoms with Crippen molar-refractivity contribution in [1.82, 2.24) is 0 Å². The average molecular weight is 495 g/mol. The van der Waals surface area contributed by atoms with Crippen LogP contribution in [-0.4, -0.2) is 5.11 Å². The number of benzene rings is 5. The molecule has 0 aliphatic carbocycles. The first-order valence-electron chi connectivity index (χ1n) is 12.5. The summed E-state index contributed by atoms with van der Waals surface area (Å²) < 4.78 is 0. The van der Waals surface area contributed by atoms with Crippen LogP contribution >= 0.6 is 7.53 Å². The molecule has 0 saturated heterocycles. The van der Waals surface area contributed by atoms with Crippen molar-refractivity contribution in [3.05, 3.63) is 174 Å². The van der Waals surface area contributed by atoms with Crippen LogP contribution in [0.15, 0.2) is 158 Å². The molecule has 1 N–H and O–H groups in total. The van der Waals surface area contributed by atoms with Crippen LogP contribution in [0.5, 0.6) is 0 Å². The van der Waals surface area contributed by atoms with E-state index in [0.717, 1.165) is 22.3 Å². The molecular weight excluding hydrogens is 467 g/mol. The predicted octanol–water partition coefficient (Wildman–Crippen LogP) is 9.28. The van der Waals surface area contributed by atoms with Crippen molar-refractivity contribution < 1.29 is 5.11 Å². The normalized spacial score (nSPS) is 11.9. The van der Waals surface area contributed by atoms with Crippen molar-refractivity contribution in [3.8, 4) is 27.0 Å². The highest BCUT2D eigenvalue weighted by Crippen LogP contribution is 2.61. The maximum Gasteiger partial charge on any atom is 0.141 e. The van der Waals surface area contributed by atoms with Crippen molar-refractivity contribution in [2.75, 3.05) is 0 Å². The topological polar surface area (TPSA) is 20.2 Å². The number of hydrogen-bond donors (Lipinski definition) is 1. The molecular formula is C35H27OP. The zero-order valence-electron chi connectivity index (χ0n) is 20.4. The fourth-order valence-electron chi connectivity index (χ4n) is 5.17. The predicted molar refractivity (Wildman–Crippen MR) is 156 cm³/mol. The number of aliphatic hydroxyl groups is 1. The molecule has 1 aromatic heterocycles. The maximum absolute atomic E-state index is 12.9. The quantitative estimate of drug-likeness (QED) is 0.245. The van der Waals surface area contributed by atoms with Gasteiger partial charge in [0.15, 0.2) is 0 Å². The standard InChI is InChI=1S/C35H27OP/c36-35(29-20-10-3-11-21-29,30-22-12-4-13-23-30)32-26-33(27-16-6-1-7-17-27)37(31-24-14-5-15-25-31)34(32)28-18-8-2-9-19-28/h1-26,36H. The lowest BCUT2D eigenvalue weighted by Crippen LogP contribution is -2.28. The minimum absolute atomic E-state index is 0.859. The van der Waals surface area contributed by atoms with Gasteiger partial charge in [-0.2, -0.15) is 0 Å². The lowest BCUT2D eigenvalue weighted by Gasteiger charge is -2.31. The molecule has 0 spiro atoms. The summed E-state index contributed by atoms with van der Waals surface area (Å²) in [5.74, 6) is 0. The van der Waals surface area contributed by atoms with E-state index in [-0.39, 0.29) is 0 Å². The van der Waals surface area contributed by atoms with Gasteiger partial charge in [0, 0.05) is 16.2 Å². The van der Waals surface area contributed by atoms with Crippen LogP contribution in [0.2, 0.25) is 0 Å². The molecule has 1 heterocycles. The molecule has 0 bridgehead atoms. The van der Waals surface area contributed by atoms with Crippen LogP contribution in [0.3, 0.4) is 0 Å². The third-order valence-electron chi connectivity index (χ3n) is 6.90. The Morgan fingerprint density at radius 1 is 0.459 bits per heavy atom. The SMILES string of the molecule is OC(c1ccccc1)(c1ccccc1)c1cc(-c2ccccc2)p(-c2ccccc2)c1-c1ccccc1. The smallest absolute Gasteiger partial charge is 0.141 e. The lowest BCUT2D eigenvalue weighted by molar-refractivity contribution is 0.127. The van der Waals surface area contributed by atoms with Crippen molar-refractivity contribution in [2.24, 2.45) is 0 Å². The summed E-state index contributed by atoms with van der Waals surface area (Å²) >= 11 is 0. The van der Waals surface area contributed by atoms with E-state index in [0.29, 0.717) is 0 Å². The van der Waals surface area contributed by atoms with E-state index in [1.54, 1.807) is 0 Å². The summed E-state index contributed by atoms with van der Waals surface area (Å²) in [5, 5.41) is 16.6. The van der Waals surface area contributed by atoms with Crippen LogP contribution in [0.1, 0.15) is 16.7 Å². The first-order valence-corrected chi connectivity index (χ1v) is 13.9. The zero-order valence-corrected chi connectivity index (χ0v) is 21.3. The van der Waals surface area contributed by atoms with Crippen LogP contribution < -0.4 is 0 Å². The minimum Gasteiger partial charge on any atom is -0.376 e. The van der Waals surface area contributed by atoms with Crippen molar-refractivity contribution in [2.45, 2.75) is 5.60 Å².